The van der Waals surface area contributed by atoms with Crippen LogP contribution < -0.4 is 10.6 Å². The van der Waals surface area contributed by atoms with Crippen molar-refractivity contribution in [1.29, 1.82) is 0 Å². The Morgan fingerprint density at radius 2 is 2.04 bits per heavy atom. The highest BCUT2D eigenvalue weighted by Gasteiger charge is 2.11. The second-order valence-electron chi connectivity index (χ2n) is 5.37. The number of benzene rings is 2. The summed E-state index contributed by atoms with van der Waals surface area (Å²) in [5, 5.41) is 10.5. The van der Waals surface area contributed by atoms with Crippen LogP contribution in [0.2, 0.25) is 5.02 Å². The molecule has 3 aromatic rings. The Kier molecular flexibility index (Phi) is 6.00. The molecule has 0 fully saturated rings. The Morgan fingerprint density at radius 3 is 2.78 bits per heavy atom. The number of hydrogen-bond acceptors (Lipinski definition) is 6. The van der Waals surface area contributed by atoms with Crippen molar-refractivity contribution < 1.29 is 14.1 Å². The Hall–Kier alpha value is -2.97. The van der Waals surface area contributed by atoms with Crippen LogP contribution in [-0.4, -0.2) is 28.3 Å². The van der Waals surface area contributed by atoms with Crippen LogP contribution in [0.25, 0.3) is 11.4 Å². The van der Waals surface area contributed by atoms with Gasteiger partial charge in [0, 0.05) is 5.56 Å². The second kappa shape index (κ2) is 8.61. The van der Waals surface area contributed by atoms with Gasteiger partial charge in [0.2, 0.25) is 11.7 Å². The molecule has 1 aromatic heterocycles. The third-order valence-corrected chi connectivity index (χ3v) is 4.11. The third kappa shape index (κ3) is 4.81. The number of rotatable bonds is 5. The van der Waals surface area contributed by atoms with E-state index in [1.54, 1.807) is 18.2 Å². The van der Waals surface area contributed by atoms with Crippen molar-refractivity contribution in [1.82, 2.24) is 15.5 Å². The largest absolute Gasteiger partial charge is 0.465 e. The number of carbonyl (C=O) groups is 1. The van der Waals surface area contributed by atoms with Gasteiger partial charge < -0.3 is 19.9 Å². The van der Waals surface area contributed by atoms with E-state index in [2.05, 4.69) is 20.8 Å². The van der Waals surface area contributed by atoms with Crippen LogP contribution in [0, 0.1) is 0 Å². The van der Waals surface area contributed by atoms with Crippen LogP contribution in [0.15, 0.2) is 53.1 Å². The number of nitrogens with one attached hydrogen (secondary N) is 2. The summed E-state index contributed by atoms with van der Waals surface area (Å²) in [6.45, 7) is 0.236. The van der Waals surface area contributed by atoms with Crippen molar-refractivity contribution in [3.05, 3.63) is 65.0 Å². The van der Waals surface area contributed by atoms with Gasteiger partial charge in [0.1, 0.15) is 0 Å². The highest BCUT2D eigenvalue weighted by atomic mass is 35.5. The Balaban J connectivity index is 1.61. The molecule has 0 unspecified atom stereocenters. The number of methoxy groups -OCH3 is 1. The third-order valence-electron chi connectivity index (χ3n) is 3.54. The van der Waals surface area contributed by atoms with Crippen LogP contribution in [-0.2, 0) is 11.3 Å². The Morgan fingerprint density at radius 1 is 1.26 bits per heavy atom. The molecule has 138 valence electrons. The van der Waals surface area contributed by atoms with Gasteiger partial charge in [-0.15, -0.1) is 0 Å². The second-order valence-corrected chi connectivity index (χ2v) is 6.19. The quantitative estimate of drug-likeness (QED) is 0.493. The summed E-state index contributed by atoms with van der Waals surface area (Å²) in [4.78, 5) is 15.9. The van der Waals surface area contributed by atoms with Gasteiger partial charge in [-0.25, -0.2) is 4.79 Å². The number of nitrogens with zero attached hydrogens (tertiary/aromatic N) is 2. The summed E-state index contributed by atoms with van der Waals surface area (Å²) in [6.07, 6.45) is 0. The maximum atomic E-state index is 11.6. The molecule has 0 amide bonds. The number of anilines is 1. The van der Waals surface area contributed by atoms with E-state index in [1.807, 2.05) is 30.3 Å². The molecule has 0 saturated carbocycles. The number of thiocarbonyl (C=S) groups is 1. The van der Waals surface area contributed by atoms with Gasteiger partial charge in [-0.05, 0) is 30.4 Å². The Labute approximate surface area is 165 Å². The molecular formula is C18H15ClN4O3S. The lowest BCUT2D eigenvalue weighted by molar-refractivity contribution is 0.0601. The topological polar surface area (TPSA) is 89.3 Å². The van der Waals surface area contributed by atoms with Crippen LogP contribution in [0.5, 0.6) is 0 Å². The minimum Gasteiger partial charge on any atom is -0.465 e. The Bertz CT molecular complexity index is 962. The van der Waals surface area contributed by atoms with Crippen molar-refractivity contribution in [2.24, 2.45) is 0 Å². The molecule has 0 bridgehead atoms. The van der Waals surface area contributed by atoms with Gasteiger partial charge >= 0.3 is 5.97 Å². The highest BCUT2D eigenvalue weighted by Crippen LogP contribution is 2.23. The maximum Gasteiger partial charge on any atom is 0.337 e. The molecule has 27 heavy (non-hydrogen) atoms. The van der Waals surface area contributed by atoms with E-state index < -0.39 is 5.97 Å². The summed E-state index contributed by atoms with van der Waals surface area (Å²) >= 11 is 11.4. The monoisotopic (exact) mass is 402 g/mol. The minimum atomic E-state index is -0.465. The summed E-state index contributed by atoms with van der Waals surface area (Å²) in [5.41, 5.74) is 1.70. The van der Waals surface area contributed by atoms with Gasteiger partial charge in [-0.1, -0.05) is 47.1 Å². The molecular weight excluding hydrogens is 388 g/mol. The predicted octanol–water partition coefficient (Wildman–Crippen LogP) is 3.66. The van der Waals surface area contributed by atoms with Gasteiger partial charge in [-0.2, -0.15) is 4.98 Å². The SMILES string of the molecule is COC(=O)c1ccc(Cl)c(NC(=S)NCc2nc(-c3ccccc3)no2)c1. The van der Waals surface area contributed by atoms with Crippen molar-refractivity contribution >= 4 is 40.6 Å². The normalized spacial score (nSPS) is 10.3. The smallest absolute Gasteiger partial charge is 0.337 e. The zero-order chi connectivity index (χ0) is 19.2. The molecule has 7 nitrogen and oxygen atoms in total. The fourth-order valence-corrected chi connectivity index (χ4v) is 2.57. The maximum absolute atomic E-state index is 11.6. The number of halogens is 1. The van der Waals surface area contributed by atoms with E-state index in [9.17, 15) is 4.79 Å². The van der Waals surface area contributed by atoms with Crippen molar-refractivity contribution in [3.8, 4) is 11.4 Å². The lowest BCUT2D eigenvalue weighted by atomic mass is 10.2. The molecule has 3 rings (SSSR count). The lowest BCUT2D eigenvalue weighted by Gasteiger charge is -2.11. The average Bonchev–Trinajstić information content (AvgIpc) is 3.17. The molecule has 0 aliphatic rings. The fourth-order valence-electron chi connectivity index (χ4n) is 2.22. The minimum absolute atomic E-state index is 0.236. The molecule has 0 aliphatic carbocycles. The van der Waals surface area contributed by atoms with E-state index in [0.29, 0.717) is 33.1 Å². The van der Waals surface area contributed by atoms with Crippen LogP contribution in [0.4, 0.5) is 5.69 Å². The molecule has 0 atom stereocenters. The number of esters is 1. The van der Waals surface area contributed by atoms with E-state index >= 15 is 0 Å². The standard InChI is InChI=1S/C18H15ClN4O3S/c1-25-17(24)12-7-8-13(19)14(9-12)21-18(27)20-10-15-22-16(23-26-15)11-5-3-2-4-6-11/h2-9H,10H2,1H3,(H2,20,21,27). The van der Waals surface area contributed by atoms with E-state index in [0.717, 1.165) is 5.56 Å². The number of hydrogen-bond donors (Lipinski definition) is 2. The number of carbonyl (C=O) groups excluding carboxylic acids is 1. The lowest BCUT2D eigenvalue weighted by Crippen LogP contribution is -2.28. The van der Waals surface area contributed by atoms with Crippen molar-refractivity contribution in [2.75, 3.05) is 12.4 Å². The molecule has 9 heteroatoms. The van der Waals surface area contributed by atoms with Crippen LogP contribution in [0.3, 0.4) is 0 Å². The van der Waals surface area contributed by atoms with Crippen LogP contribution >= 0.6 is 23.8 Å². The van der Waals surface area contributed by atoms with Gasteiger partial charge in [0.25, 0.3) is 0 Å². The highest BCUT2D eigenvalue weighted by molar-refractivity contribution is 7.80. The van der Waals surface area contributed by atoms with E-state index in [-0.39, 0.29) is 6.54 Å². The first-order valence-electron chi connectivity index (χ1n) is 7.87. The van der Waals surface area contributed by atoms with Gasteiger partial charge in [-0.3, -0.25) is 0 Å². The number of ether oxygens (including phenoxy) is 1. The van der Waals surface area contributed by atoms with Gasteiger partial charge in [0.15, 0.2) is 5.11 Å². The fraction of sp³-hybridized carbons (Fsp3) is 0.111. The zero-order valence-corrected chi connectivity index (χ0v) is 15.8. The molecule has 0 radical (unpaired) electrons. The first-order valence-corrected chi connectivity index (χ1v) is 8.66. The molecule has 0 aliphatic heterocycles. The molecule has 0 saturated heterocycles. The molecule has 1 heterocycles. The summed E-state index contributed by atoms with van der Waals surface area (Å²) in [7, 11) is 1.31. The summed E-state index contributed by atoms with van der Waals surface area (Å²) in [6, 6.07) is 14.2. The zero-order valence-electron chi connectivity index (χ0n) is 14.2. The van der Waals surface area contributed by atoms with Crippen molar-refractivity contribution in [3.63, 3.8) is 0 Å². The van der Waals surface area contributed by atoms with Crippen molar-refractivity contribution in [2.45, 2.75) is 6.54 Å². The average molecular weight is 403 g/mol. The predicted molar refractivity (Wildman–Crippen MR) is 106 cm³/mol. The summed E-state index contributed by atoms with van der Waals surface area (Å²) in [5.74, 6) is 0.417. The number of aromatic nitrogens is 2. The van der Waals surface area contributed by atoms with E-state index in [1.165, 1.54) is 7.11 Å². The van der Waals surface area contributed by atoms with E-state index in [4.69, 9.17) is 33.1 Å². The first kappa shape index (κ1) is 18.8. The molecule has 2 N–H and O–H groups in total. The first-order chi connectivity index (χ1) is 13.1. The summed E-state index contributed by atoms with van der Waals surface area (Å²) < 4.78 is 9.90. The van der Waals surface area contributed by atoms with Gasteiger partial charge in [0.05, 0.1) is 29.9 Å². The molecule has 0 spiro atoms. The van der Waals surface area contributed by atoms with Crippen LogP contribution in [0.1, 0.15) is 16.2 Å². The molecule has 2 aromatic carbocycles.